The second-order valence-electron chi connectivity index (χ2n) is 8.49. The molecule has 3 atom stereocenters. The molecule has 1 heterocycles. The molecule has 0 saturated carbocycles. The average molecular weight is 464 g/mol. The fraction of sp³-hybridized carbons (Fsp3) is 0.357. The number of hydrogen-bond donors (Lipinski definition) is 2. The van der Waals surface area contributed by atoms with Gasteiger partial charge in [0.15, 0.2) is 0 Å². The van der Waals surface area contributed by atoms with Gasteiger partial charge in [-0.1, -0.05) is 54.6 Å². The maximum Gasteiger partial charge on any atom is 0.143 e. The van der Waals surface area contributed by atoms with Gasteiger partial charge >= 0.3 is 0 Å². The molecular weight excluding hydrogens is 430 g/mol. The highest BCUT2D eigenvalue weighted by molar-refractivity contribution is 5.49. The van der Waals surface area contributed by atoms with Crippen molar-refractivity contribution >= 4 is 0 Å². The lowest BCUT2D eigenvalue weighted by molar-refractivity contribution is -0.155. The number of methoxy groups -OCH3 is 2. The molecule has 4 rings (SSSR count). The van der Waals surface area contributed by atoms with Gasteiger partial charge < -0.3 is 29.8 Å². The first-order valence-electron chi connectivity index (χ1n) is 11.6. The van der Waals surface area contributed by atoms with Crippen LogP contribution in [-0.2, 0) is 15.1 Å². The molecular formula is C28H33NO5. The SMILES string of the molecule is COc1ccc(C(OC[C@H]2O[C@@H](CN)CC[C@@H]2O)(c2ccccc2)c2ccc(OC)cc2)cc1. The van der Waals surface area contributed by atoms with Gasteiger partial charge in [0.05, 0.1) is 33.0 Å². The van der Waals surface area contributed by atoms with Crippen LogP contribution < -0.4 is 15.2 Å². The summed E-state index contributed by atoms with van der Waals surface area (Å²) >= 11 is 0. The Morgan fingerprint density at radius 2 is 1.35 bits per heavy atom. The Labute approximate surface area is 201 Å². The lowest BCUT2D eigenvalue weighted by atomic mass is 9.80. The minimum absolute atomic E-state index is 0.0786. The summed E-state index contributed by atoms with van der Waals surface area (Å²) in [7, 11) is 3.30. The van der Waals surface area contributed by atoms with Crippen LogP contribution in [0.4, 0.5) is 0 Å². The zero-order chi connectivity index (χ0) is 24.0. The Kier molecular flexibility index (Phi) is 7.85. The molecule has 3 N–H and O–H groups in total. The summed E-state index contributed by atoms with van der Waals surface area (Å²) in [6.07, 6.45) is 0.226. The molecule has 6 heteroatoms. The van der Waals surface area contributed by atoms with Crippen molar-refractivity contribution in [3.05, 3.63) is 95.6 Å². The van der Waals surface area contributed by atoms with Crippen molar-refractivity contribution in [2.75, 3.05) is 27.4 Å². The van der Waals surface area contributed by atoms with Crippen molar-refractivity contribution in [3.8, 4) is 11.5 Å². The molecule has 1 aliphatic rings. The van der Waals surface area contributed by atoms with Crippen molar-refractivity contribution in [1.29, 1.82) is 0 Å². The van der Waals surface area contributed by atoms with Gasteiger partial charge in [0.1, 0.15) is 23.2 Å². The number of aliphatic hydroxyl groups is 1. The van der Waals surface area contributed by atoms with Crippen molar-refractivity contribution in [2.24, 2.45) is 5.73 Å². The highest BCUT2D eigenvalue weighted by atomic mass is 16.6. The van der Waals surface area contributed by atoms with E-state index in [4.69, 9.17) is 24.7 Å². The van der Waals surface area contributed by atoms with Crippen molar-refractivity contribution < 1.29 is 24.1 Å². The van der Waals surface area contributed by atoms with E-state index in [-0.39, 0.29) is 12.7 Å². The van der Waals surface area contributed by atoms with Crippen LogP contribution >= 0.6 is 0 Å². The minimum Gasteiger partial charge on any atom is -0.497 e. The van der Waals surface area contributed by atoms with Gasteiger partial charge in [0.25, 0.3) is 0 Å². The third-order valence-corrected chi connectivity index (χ3v) is 6.48. The van der Waals surface area contributed by atoms with Crippen LogP contribution in [0.2, 0.25) is 0 Å². The molecule has 1 saturated heterocycles. The predicted molar refractivity (Wildman–Crippen MR) is 131 cm³/mol. The summed E-state index contributed by atoms with van der Waals surface area (Å²) in [4.78, 5) is 0. The van der Waals surface area contributed by atoms with E-state index in [0.29, 0.717) is 13.0 Å². The fourth-order valence-electron chi connectivity index (χ4n) is 4.55. The summed E-state index contributed by atoms with van der Waals surface area (Å²) in [5, 5.41) is 10.6. The number of benzene rings is 3. The summed E-state index contributed by atoms with van der Waals surface area (Å²) in [6, 6.07) is 25.8. The van der Waals surface area contributed by atoms with Crippen LogP contribution in [0.25, 0.3) is 0 Å². The van der Waals surface area contributed by atoms with Gasteiger partial charge in [0, 0.05) is 6.54 Å². The predicted octanol–water partition coefficient (Wildman–Crippen LogP) is 3.88. The highest BCUT2D eigenvalue weighted by Gasteiger charge is 2.40. The zero-order valence-electron chi connectivity index (χ0n) is 19.7. The first-order chi connectivity index (χ1) is 16.6. The topological polar surface area (TPSA) is 83.2 Å². The van der Waals surface area contributed by atoms with Crippen molar-refractivity contribution in [3.63, 3.8) is 0 Å². The molecule has 180 valence electrons. The van der Waals surface area contributed by atoms with Crippen LogP contribution in [0.5, 0.6) is 11.5 Å². The van der Waals surface area contributed by atoms with Gasteiger partial charge in [-0.2, -0.15) is 0 Å². The van der Waals surface area contributed by atoms with E-state index in [1.54, 1.807) is 14.2 Å². The Bertz CT molecular complexity index is 975. The molecule has 34 heavy (non-hydrogen) atoms. The van der Waals surface area contributed by atoms with Crippen molar-refractivity contribution in [2.45, 2.75) is 36.8 Å². The van der Waals surface area contributed by atoms with E-state index in [1.807, 2.05) is 66.7 Å². The van der Waals surface area contributed by atoms with Gasteiger partial charge in [-0.15, -0.1) is 0 Å². The second-order valence-corrected chi connectivity index (χ2v) is 8.49. The molecule has 0 bridgehead atoms. The Hall–Kier alpha value is -2.90. The number of aliphatic hydroxyl groups excluding tert-OH is 1. The summed E-state index contributed by atoms with van der Waals surface area (Å²) in [6.45, 7) is 0.620. The van der Waals surface area contributed by atoms with Crippen LogP contribution in [-0.4, -0.2) is 50.8 Å². The number of hydrogen-bond acceptors (Lipinski definition) is 6. The van der Waals surface area contributed by atoms with Crippen LogP contribution in [0.1, 0.15) is 29.5 Å². The lowest BCUT2D eigenvalue weighted by Gasteiger charge is -2.39. The lowest BCUT2D eigenvalue weighted by Crippen LogP contribution is -2.46. The smallest absolute Gasteiger partial charge is 0.143 e. The summed E-state index contributed by atoms with van der Waals surface area (Å²) in [5.41, 5.74) is 7.74. The molecule has 0 aromatic heterocycles. The van der Waals surface area contributed by atoms with E-state index in [0.717, 1.165) is 34.6 Å². The minimum atomic E-state index is -0.946. The van der Waals surface area contributed by atoms with Crippen LogP contribution in [0.15, 0.2) is 78.9 Å². The van der Waals surface area contributed by atoms with Gasteiger partial charge in [-0.05, 0) is 53.8 Å². The Balaban J connectivity index is 1.81. The van der Waals surface area contributed by atoms with E-state index in [2.05, 4.69) is 12.1 Å². The maximum atomic E-state index is 10.6. The van der Waals surface area contributed by atoms with E-state index < -0.39 is 17.8 Å². The summed E-state index contributed by atoms with van der Waals surface area (Å²) < 4.78 is 23.7. The molecule has 6 nitrogen and oxygen atoms in total. The number of ether oxygens (including phenoxy) is 4. The largest absolute Gasteiger partial charge is 0.497 e. The van der Waals surface area contributed by atoms with Crippen LogP contribution in [0.3, 0.4) is 0 Å². The first-order valence-corrected chi connectivity index (χ1v) is 11.6. The first kappa shape index (κ1) is 24.2. The van der Waals surface area contributed by atoms with Gasteiger partial charge in [-0.25, -0.2) is 0 Å². The van der Waals surface area contributed by atoms with E-state index in [9.17, 15) is 5.11 Å². The molecule has 0 spiro atoms. The number of rotatable bonds is 9. The van der Waals surface area contributed by atoms with Crippen molar-refractivity contribution in [1.82, 2.24) is 0 Å². The molecule has 0 aliphatic carbocycles. The van der Waals surface area contributed by atoms with Gasteiger partial charge in [0.2, 0.25) is 0 Å². The molecule has 0 amide bonds. The van der Waals surface area contributed by atoms with Gasteiger partial charge in [-0.3, -0.25) is 0 Å². The monoisotopic (exact) mass is 463 g/mol. The third kappa shape index (κ3) is 4.95. The standard InChI is InChI=1S/C28H33NO5/c1-31-23-12-8-21(9-13-23)28(20-6-4-3-5-7-20,22-10-14-24(32-2)15-11-22)33-19-27-26(30)17-16-25(18-29)34-27/h3-15,25-27,30H,16-19,29H2,1-2H3/t25-,26+,27-/m1/s1. The molecule has 0 radical (unpaired) electrons. The molecule has 3 aromatic carbocycles. The van der Waals surface area contributed by atoms with Crippen LogP contribution in [0, 0.1) is 0 Å². The average Bonchev–Trinajstić information content (AvgIpc) is 2.91. The summed E-state index contributed by atoms with van der Waals surface area (Å²) in [5.74, 6) is 1.52. The van der Waals surface area contributed by atoms with E-state index in [1.165, 1.54) is 0 Å². The molecule has 3 aromatic rings. The van der Waals surface area contributed by atoms with E-state index >= 15 is 0 Å². The number of nitrogens with two attached hydrogens (primary N) is 1. The second kappa shape index (κ2) is 11.0. The molecule has 1 aliphatic heterocycles. The maximum absolute atomic E-state index is 10.6. The molecule has 0 unspecified atom stereocenters. The fourth-order valence-corrected chi connectivity index (χ4v) is 4.55. The normalized spacial score (nSPS) is 20.6. The Morgan fingerprint density at radius 3 is 1.85 bits per heavy atom. The highest BCUT2D eigenvalue weighted by Crippen LogP contribution is 2.42. The quantitative estimate of drug-likeness (QED) is 0.469. The Morgan fingerprint density at radius 1 is 0.824 bits per heavy atom. The zero-order valence-corrected chi connectivity index (χ0v) is 19.7. The molecule has 1 fully saturated rings. The third-order valence-electron chi connectivity index (χ3n) is 6.48.